The second kappa shape index (κ2) is 8.72. The number of nitro benzene ring substituents is 1. The van der Waals surface area contributed by atoms with Crippen LogP contribution in [0.5, 0.6) is 11.5 Å². The van der Waals surface area contributed by atoms with Crippen molar-refractivity contribution in [2.75, 3.05) is 0 Å². The third-order valence-electron chi connectivity index (χ3n) is 3.01. The Morgan fingerprint density at radius 1 is 1.19 bits per heavy atom. The van der Waals surface area contributed by atoms with Crippen molar-refractivity contribution in [3.63, 3.8) is 0 Å². The first-order valence-electron chi connectivity index (χ1n) is 6.59. The summed E-state index contributed by atoms with van der Waals surface area (Å²) in [5.74, 6) is -1.91. The van der Waals surface area contributed by atoms with E-state index in [1.807, 2.05) is 0 Å². The minimum atomic E-state index is -4.40. The van der Waals surface area contributed by atoms with Crippen LogP contribution in [-0.4, -0.2) is 17.1 Å². The first-order chi connectivity index (χ1) is 11.6. The van der Waals surface area contributed by atoms with E-state index in [1.165, 1.54) is 6.07 Å². The monoisotopic (exact) mass is 397 g/mol. The summed E-state index contributed by atoms with van der Waals surface area (Å²) in [5, 5.41) is 21.6. The van der Waals surface area contributed by atoms with Gasteiger partial charge in [0.2, 0.25) is 0 Å². The molecule has 0 aliphatic heterocycles. The number of rotatable bonds is 5. The van der Waals surface area contributed by atoms with Crippen LogP contribution in [0.1, 0.15) is 15.9 Å². The number of aromatic carboxylic acids is 1. The zero-order valence-electron chi connectivity index (χ0n) is 13.2. The molecule has 0 spiro atoms. The number of hydrogen-bond donors (Lipinski definition) is 0. The van der Waals surface area contributed by atoms with Crippen LogP contribution in [0.3, 0.4) is 0 Å². The van der Waals surface area contributed by atoms with Crippen LogP contribution in [-0.2, 0) is 6.42 Å². The quantitative estimate of drug-likeness (QED) is 0.416. The molecule has 26 heavy (non-hydrogen) atoms. The molecule has 132 valence electrons. The Labute approximate surface area is 172 Å². The van der Waals surface area contributed by atoms with Crippen molar-refractivity contribution in [3.8, 4) is 11.5 Å². The number of nitrogens with zero attached hydrogens (tertiary/aromatic N) is 1. The Hall–Kier alpha value is -1.81. The van der Waals surface area contributed by atoms with E-state index in [2.05, 4.69) is 0 Å². The van der Waals surface area contributed by atoms with Gasteiger partial charge in [-0.25, -0.2) is 0 Å². The third kappa shape index (κ3) is 5.87. The van der Waals surface area contributed by atoms with Crippen LogP contribution in [0.25, 0.3) is 0 Å². The van der Waals surface area contributed by atoms with Crippen LogP contribution in [0.15, 0.2) is 36.4 Å². The van der Waals surface area contributed by atoms with Crippen LogP contribution < -0.4 is 39.4 Å². The van der Waals surface area contributed by atoms with Gasteiger partial charge in [0, 0.05) is 6.07 Å². The van der Waals surface area contributed by atoms with E-state index < -0.39 is 34.7 Å². The van der Waals surface area contributed by atoms with Gasteiger partial charge in [-0.3, -0.25) is 10.1 Å². The van der Waals surface area contributed by atoms with Gasteiger partial charge in [-0.05, 0) is 29.8 Å². The van der Waals surface area contributed by atoms with E-state index in [-0.39, 0.29) is 51.6 Å². The predicted octanol–water partition coefficient (Wildman–Crippen LogP) is 0.513. The normalized spacial score (nSPS) is 10.8. The first-order valence-corrected chi connectivity index (χ1v) is 6.97. The molecular weight excluding hydrogens is 390 g/mol. The number of carboxylic acids is 1. The molecule has 2 aromatic rings. The maximum absolute atomic E-state index is 12.4. The summed E-state index contributed by atoms with van der Waals surface area (Å²) in [4.78, 5) is 20.8. The predicted molar refractivity (Wildman–Crippen MR) is 78.7 cm³/mol. The molecule has 0 saturated carbocycles. The van der Waals surface area contributed by atoms with Crippen molar-refractivity contribution in [1.82, 2.24) is 0 Å². The number of carbonyl (C=O) groups excluding carboxylic acids is 1. The number of ether oxygens (including phenoxy) is 1. The molecule has 0 aliphatic rings. The molecule has 0 aromatic heterocycles. The van der Waals surface area contributed by atoms with Gasteiger partial charge in [-0.1, -0.05) is 17.7 Å². The van der Waals surface area contributed by atoms with E-state index in [9.17, 15) is 33.2 Å². The number of carbonyl (C=O) groups is 1. The van der Waals surface area contributed by atoms with E-state index in [0.717, 1.165) is 30.3 Å². The van der Waals surface area contributed by atoms with E-state index in [4.69, 9.17) is 16.3 Å². The van der Waals surface area contributed by atoms with Crippen LogP contribution in [0.4, 0.5) is 18.9 Å². The van der Waals surface area contributed by atoms with Gasteiger partial charge in [0.15, 0.2) is 0 Å². The summed E-state index contributed by atoms with van der Waals surface area (Å²) in [6.45, 7) is 0. The Kier molecular flexibility index (Phi) is 7.45. The minimum Gasteiger partial charge on any atom is -0.545 e. The smallest absolute Gasteiger partial charge is 0.545 e. The number of carboxylic acid groups (broad SMARTS) is 1. The molecule has 0 amide bonds. The molecule has 0 unspecified atom stereocenters. The Morgan fingerprint density at radius 2 is 1.85 bits per heavy atom. The first kappa shape index (κ1) is 22.2. The van der Waals surface area contributed by atoms with Crippen molar-refractivity contribution < 1.29 is 62.3 Å². The maximum Gasteiger partial charge on any atom is 1.00 e. The van der Waals surface area contributed by atoms with E-state index in [1.54, 1.807) is 0 Å². The summed E-state index contributed by atoms with van der Waals surface area (Å²) in [5.41, 5.74) is -1.46. The standard InChI is InChI=1S/C15H9ClF3NO5.Na/c16-11-5-8(7-15(17,18)19)1-4-13(11)25-9-2-3-12(20(23)24)10(6-9)14(21)22;/h1-6H,7H2,(H,21,22);/q;+1/p-1. The van der Waals surface area contributed by atoms with Gasteiger partial charge in [-0.15, -0.1) is 0 Å². The van der Waals surface area contributed by atoms with Gasteiger partial charge in [0.1, 0.15) is 11.5 Å². The van der Waals surface area contributed by atoms with Crippen molar-refractivity contribution in [2.45, 2.75) is 12.6 Å². The fourth-order valence-electron chi connectivity index (χ4n) is 2.00. The average Bonchev–Trinajstić information content (AvgIpc) is 2.48. The molecule has 0 fully saturated rings. The number of nitro groups is 1. The molecule has 2 aromatic carbocycles. The van der Waals surface area contributed by atoms with E-state index in [0.29, 0.717) is 0 Å². The number of hydrogen-bond acceptors (Lipinski definition) is 5. The molecule has 0 radical (unpaired) electrons. The molecule has 0 heterocycles. The van der Waals surface area contributed by atoms with Crippen LogP contribution >= 0.6 is 11.6 Å². The van der Waals surface area contributed by atoms with Crippen molar-refractivity contribution in [1.29, 1.82) is 0 Å². The van der Waals surface area contributed by atoms with Gasteiger partial charge in [0.25, 0.3) is 5.69 Å². The maximum atomic E-state index is 12.4. The molecule has 0 saturated heterocycles. The zero-order chi connectivity index (χ0) is 18.8. The summed E-state index contributed by atoms with van der Waals surface area (Å²) in [6.07, 6.45) is -5.56. The van der Waals surface area contributed by atoms with Gasteiger partial charge in [-0.2, -0.15) is 13.2 Å². The SMILES string of the molecule is O=C([O-])c1cc(Oc2ccc(CC(F)(F)F)cc2Cl)ccc1[N+](=O)[O-].[Na+]. The molecule has 2 rings (SSSR count). The summed E-state index contributed by atoms with van der Waals surface area (Å²) in [7, 11) is 0. The number of benzene rings is 2. The van der Waals surface area contributed by atoms with Crippen LogP contribution in [0, 0.1) is 10.1 Å². The summed E-state index contributed by atoms with van der Waals surface area (Å²) in [6, 6.07) is 6.31. The largest absolute Gasteiger partial charge is 1.00 e. The van der Waals surface area contributed by atoms with Gasteiger partial charge in [0.05, 0.1) is 27.9 Å². The summed E-state index contributed by atoms with van der Waals surface area (Å²) < 4.78 is 42.4. The minimum absolute atomic E-state index is 0. The molecule has 0 atom stereocenters. The number of alkyl halides is 3. The van der Waals surface area contributed by atoms with E-state index >= 15 is 0 Å². The van der Waals surface area contributed by atoms with Crippen LogP contribution in [0.2, 0.25) is 5.02 Å². The van der Waals surface area contributed by atoms with Crippen molar-refractivity contribution >= 4 is 23.3 Å². The second-order valence-electron chi connectivity index (χ2n) is 4.88. The summed E-state index contributed by atoms with van der Waals surface area (Å²) >= 11 is 5.86. The molecule has 0 aliphatic carbocycles. The Balaban J connectivity index is 0.00000338. The molecular formula is C15H8ClF3NNaO5. The fourth-order valence-corrected chi connectivity index (χ4v) is 2.24. The van der Waals surface area contributed by atoms with Gasteiger partial charge >= 0.3 is 35.7 Å². The van der Waals surface area contributed by atoms with Crippen molar-refractivity contribution in [2.24, 2.45) is 0 Å². The third-order valence-corrected chi connectivity index (χ3v) is 3.31. The van der Waals surface area contributed by atoms with Crippen molar-refractivity contribution in [3.05, 3.63) is 62.7 Å². The molecule has 11 heteroatoms. The molecule has 6 nitrogen and oxygen atoms in total. The Morgan fingerprint density at radius 3 is 2.35 bits per heavy atom. The fraction of sp³-hybridized carbons (Fsp3) is 0.133. The zero-order valence-corrected chi connectivity index (χ0v) is 15.9. The van der Waals surface area contributed by atoms with Gasteiger partial charge < -0.3 is 14.6 Å². The topological polar surface area (TPSA) is 92.5 Å². The average molecular weight is 398 g/mol. The Bertz CT molecular complexity index is 845. The molecule has 0 N–H and O–H groups in total. The molecule has 0 bridgehead atoms. The second-order valence-corrected chi connectivity index (χ2v) is 5.29. The number of halogens is 4.